The quantitative estimate of drug-likeness (QED) is 0.559. The summed E-state index contributed by atoms with van der Waals surface area (Å²) in [5.74, 6) is 5.32. The van der Waals surface area contributed by atoms with Crippen molar-refractivity contribution in [3.05, 3.63) is 74.7 Å². The summed E-state index contributed by atoms with van der Waals surface area (Å²) in [5.41, 5.74) is 2.17. The molecule has 0 saturated heterocycles. The van der Waals surface area contributed by atoms with E-state index in [1.165, 1.54) is 24.3 Å². The van der Waals surface area contributed by atoms with Gasteiger partial charge in [0.2, 0.25) is 0 Å². The second-order valence-electron chi connectivity index (χ2n) is 3.90. The summed E-state index contributed by atoms with van der Waals surface area (Å²) in [6.45, 7) is 0. The molecule has 0 saturated carbocycles. The summed E-state index contributed by atoms with van der Waals surface area (Å²) in [7, 11) is 0. The molecule has 0 amide bonds. The molecule has 0 spiro atoms. The second-order valence-corrected chi connectivity index (χ2v) is 6.55. The monoisotopic (exact) mass is 396 g/mol. The Morgan fingerprint density at radius 3 is 1.80 bits per heavy atom. The fourth-order valence-corrected chi connectivity index (χ4v) is 2.17. The van der Waals surface area contributed by atoms with Crippen LogP contribution in [0.3, 0.4) is 0 Å². The molecule has 0 atom stereocenters. The average Bonchev–Trinajstić information content (AvgIpc) is 2.43. The van der Waals surface area contributed by atoms with Gasteiger partial charge >= 0.3 is 0 Å². The Hall–Kier alpha value is -1.44. The normalized spacial score (nSPS) is 9.60. The fourth-order valence-electron chi connectivity index (χ4n) is 1.51. The Morgan fingerprint density at radius 2 is 1.30 bits per heavy atom. The molecule has 0 aliphatic heterocycles. The molecule has 2 aromatic carbocycles. The Labute approximate surface area is 132 Å². The minimum absolute atomic E-state index is 0.300. The first-order chi connectivity index (χ1) is 9.56. The minimum atomic E-state index is -0.301. The standard InChI is InChI=1S/C16H8Br2F2/c17-16(18)15(12-4-8-14(20)9-5-12)10-3-11-1-6-13(19)7-2-11/h1-2,4-9H. The molecule has 100 valence electrons. The van der Waals surface area contributed by atoms with Gasteiger partial charge in [-0.2, -0.15) is 0 Å². The number of hydrogen-bond acceptors (Lipinski definition) is 0. The van der Waals surface area contributed by atoms with E-state index in [9.17, 15) is 8.78 Å². The lowest BCUT2D eigenvalue weighted by Crippen LogP contribution is -1.84. The summed E-state index contributed by atoms with van der Waals surface area (Å²) < 4.78 is 26.4. The van der Waals surface area contributed by atoms with Crippen molar-refractivity contribution in [2.75, 3.05) is 0 Å². The van der Waals surface area contributed by atoms with Crippen molar-refractivity contribution in [2.45, 2.75) is 0 Å². The van der Waals surface area contributed by atoms with Gasteiger partial charge in [0.1, 0.15) is 11.6 Å². The van der Waals surface area contributed by atoms with Crippen LogP contribution < -0.4 is 0 Å². The van der Waals surface area contributed by atoms with Gasteiger partial charge in [0.25, 0.3) is 0 Å². The van der Waals surface area contributed by atoms with E-state index in [1.807, 2.05) is 0 Å². The fraction of sp³-hybridized carbons (Fsp3) is 0. The van der Waals surface area contributed by atoms with Gasteiger partial charge in [0, 0.05) is 5.56 Å². The van der Waals surface area contributed by atoms with Gasteiger partial charge in [-0.25, -0.2) is 8.78 Å². The van der Waals surface area contributed by atoms with E-state index >= 15 is 0 Å². The van der Waals surface area contributed by atoms with Gasteiger partial charge in [-0.1, -0.05) is 24.0 Å². The summed E-state index contributed by atoms with van der Waals surface area (Å²) >= 11 is 6.64. The van der Waals surface area contributed by atoms with Crippen molar-refractivity contribution in [1.82, 2.24) is 0 Å². The number of rotatable bonds is 1. The molecule has 0 fully saturated rings. The maximum Gasteiger partial charge on any atom is 0.123 e. The topological polar surface area (TPSA) is 0 Å². The van der Waals surface area contributed by atoms with Crippen molar-refractivity contribution in [3.63, 3.8) is 0 Å². The third-order valence-electron chi connectivity index (χ3n) is 2.50. The van der Waals surface area contributed by atoms with Crippen LogP contribution in [0.5, 0.6) is 0 Å². The Bertz CT molecular complexity index is 686. The van der Waals surface area contributed by atoms with E-state index in [2.05, 4.69) is 43.7 Å². The molecule has 20 heavy (non-hydrogen) atoms. The molecule has 0 radical (unpaired) electrons. The predicted octanol–water partition coefficient (Wildman–Crippen LogP) is 5.47. The molecule has 4 heteroatoms. The SMILES string of the molecule is Fc1ccc(C#CC(=C(Br)Br)c2ccc(F)cc2)cc1. The predicted molar refractivity (Wildman–Crippen MR) is 84.5 cm³/mol. The molecule has 0 unspecified atom stereocenters. The lowest BCUT2D eigenvalue weighted by molar-refractivity contribution is 0.627. The van der Waals surface area contributed by atoms with Crippen LogP contribution in [-0.2, 0) is 0 Å². The molecular weight excluding hydrogens is 390 g/mol. The maximum atomic E-state index is 12.9. The van der Waals surface area contributed by atoms with Crippen molar-refractivity contribution in [2.24, 2.45) is 0 Å². The van der Waals surface area contributed by atoms with E-state index < -0.39 is 0 Å². The Morgan fingerprint density at radius 1 is 0.800 bits per heavy atom. The molecule has 0 aromatic heterocycles. The third-order valence-corrected chi connectivity index (χ3v) is 3.29. The van der Waals surface area contributed by atoms with Gasteiger partial charge in [-0.3, -0.25) is 0 Å². The molecule has 0 aliphatic rings. The van der Waals surface area contributed by atoms with Crippen molar-refractivity contribution < 1.29 is 8.78 Å². The van der Waals surface area contributed by atoms with Crippen molar-refractivity contribution in [3.8, 4) is 11.8 Å². The molecule has 0 N–H and O–H groups in total. The van der Waals surface area contributed by atoms with Crippen LogP contribution in [0.1, 0.15) is 11.1 Å². The van der Waals surface area contributed by atoms with E-state index in [0.717, 1.165) is 5.56 Å². The van der Waals surface area contributed by atoms with E-state index in [1.54, 1.807) is 24.3 Å². The van der Waals surface area contributed by atoms with Crippen LogP contribution in [0, 0.1) is 23.5 Å². The number of hydrogen-bond donors (Lipinski definition) is 0. The summed E-state index contributed by atoms with van der Waals surface area (Å²) in [4.78, 5) is 0. The first kappa shape index (κ1) is 15.0. The van der Waals surface area contributed by atoms with Crippen LogP contribution in [0.15, 0.2) is 51.9 Å². The van der Waals surface area contributed by atoms with Gasteiger partial charge in [0.05, 0.1) is 8.96 Å². The first-order valence-electron chi connectivity index (χ1n) is 5.65. The smallest absolute Gasteiger partial charge is 0.123 e. The van der Waals surface area contributed by atoms with E-state index in [0.29, 0.717) is 14.5 Å². The number of benzene rings is 2. The van der Waals surface area contributed by atoms with Gasteiger partial charge < -0.3 is 0 Å². The lowest BCUT2D eigenvalue weighted by Gasteiger charge is -2.01. The maximum absolute atomic E-state index is 12.9. The highest BCUT2D eigenvalue weighted by Gasteiger charge is 2.03. The van der Waals surface area contributed by atoms with E-state index in [4.69, 9.17) is 0 Å². The molecule has 2 aromatic rings. The first-order valence-corrected chi connectivity index (χ1v) is 7.23. The highest BCUT2D eigenvalue weighted by atomic mass is 79.9. The highest BCUT2D eigenvalue weighted by Crippen LogP contribution is 2.27. The Kier molecular flexibility index (Phi) is 5.11. The largest absolute Gasteiger partial charge is 0.207 e. The molecule has 0 aliphatic carbocycles. The van der Waals surface area contributed by atoms with Crippen LogP contribution >= 0.6 is 31.9 Å². The van der Waals surface area contributed by atoms with Crippen LogP contribution in [0.25, 0.3) is 5.57 Å². The summed E-state index contributed by atoms with van der Waals surface area (Å²) in [6.07, 6.45) is 0. The van der Waals surface area contributed by atoms with Crippen molar-refractivity contribution in [1.29, 1.82) is 0 Å². The van der Waals surface area contributed by atoms with E-state index in [-0.39, 0.29) is 11.6 Å². The molecule has 0 heterocycles. The molecular formula is C16H8Br2F2. The summed E-state index contributed by atoms with van der Waals surface area (Å²) in [6, 6.07) is 12.0. The van der Waals surface area contributed by atoms with Crippen molar-refractivity contribution >= 4 is 37.4 Å². The zero-order valence-electron chi connectivity index (χ0n) is 10.1. The van der Waals surface area contributed by atoms with Crippen LogP contribution in [0.4, 0.5) is 8.78 Å². The van der Waals surface area contributed by atoms with Gasteiger partial charge in [-0.05, 0) is 73.8 Å². The average molecular weight is 398 g/mol. The molecule has 0 nitrogen and oxygen atoms in total. The van der Waals surface area contributed by atoms with Gasteiger partial charge in [0.15, 0.2) is 0 Å². The third kappa shape index (κ3) is 4.03. The summed E-state index contributed by atoms with van der Waals surface area (Å²) in [5, 5.41) is 0. The van der Waals surface area contributed by atoms with Gasteiger partial charge in [-0.15, -0.1) is 0 Å². The Balaban J connectivity index is 2.35. The minimum Gasteiger partial charge on any atom is -0.207 e. The lowest BCUT2D eigenvalue weighted by atomic mass is 10.1. The molecule has 0 bridgehead atoms. The number of halogens is 4. The highest BCUT2D eigenvalue weighted by molar-refractivity contribution is 9.28. The van der Waals surface area contributed by atoms with Crippen LogP contribution in [-0.4, -0.2) is 0 Å². The molecule has 2 rings (SSSR count). The second kappa shape index (κ2) is 6.83. The zero-order chi connectivity index (χ0) is 14.5. The zero-order valence-corrected chi connectivity index (χ0v) is 13.3. The van der Waals surface area contributed by atoms with Crippen LogP contribution in [0.2, 0.25) is 0 Å². The number of allylic oxidation sites excluding steroid dienone is 1.